The summed E-state index contributed by atoms with van der Waals surface area (Å²) in [6, 6.07) is 0. The highest BCUT2D eigenvalue weighted by Gasteiger charge is 2.30. The summed E-state index contributed by atoms with van der Waals surface area (Å²) < 4.78 is 12.0. The number of fused-ring (bicyclic) bond motifs is 3. The topological polar surface area (TPSA) is 105 Å². The molecule has 3 unspecified atom stereocenters. The van der Waals surface area contributed by atoms with Gasteiger partial charge in [0.15, 0.2) is 0 Å². The zero-order chi connectivity index (χ0) is 23.6. The number of aliphatic imine (C=N–C) groups is 2. The molecule has 9 heteroatoms. The fraction of sp³-hybridized carbons (Fsp3) is 0.500. The maximum Gasteiger partial charge on any atom is 0.139 e. The van der Waals surface area contributed by atoms with Gasteiger partial charge in [0.05, 0.1) is 35.8 Å². The SMILES string of the molecule is C=C(NC/C=C/CNc1ncnc2c1C(C)OCC1CCC(N2)O1)/C(N=CC)=C(/C)N=CC. The second-order valence-electron chi connectivity index (χ2n) is 7.85. The number of aromatic nitrogens is 2. The lowest BCUT2D eigenvalue weighted by atomic mass is 10.1. The highest BCUT2D eigenvalue weighted by atomic mass is 16.6. The van der Waals surface area contributed by atoms with Gasteiger partial charge in [-0.25, -0.2) is 9.97 Å². The van der Waals surface area contributed by atoms with Crippen LogP contribution in [0.15, 0.2) is 52.1 Å². The minimum atomic E-state index is -0.147. The third-order valence-electron chi connectivity index (χ3n) is 5.42. The van der Waals surface area contributed by atoms with Crippen LogP contribution in [0.3, 0.4) is 0 Å². The molecule has 178 valence electrons. The molecule has 0 saturated carbocycles. The molecule has 3 rings (SSSR count). The average Bonchev–Trinajstić information content (AvgIpc) is 3.27. The van der Waals surface area contributed by atoms with Gasteiger partial charge >= 0.3 is 0 Å². The van der Waals surface area contributed by atoms with Crippen LogP contribution >= 0.6 is 0 Å². The summed E-state index contributed by atoms with van der Waals surface area (Å²) in [5, 5.41) is 10.1. The van der Waals surface area contributed by atoms with Crippen molar-refractivity contribution in [2.24, 2.45) is 9.98 Å². The molecule has 3 heterocycles. The second-order valence-corrected chi connectivity index (χ2v) is 7.85. The van der Waals surface area contributed by atoms with E-state index in [9.17, 15) is 0 Å². The van der Waals surface area contributed by atoms with E-state index < -0.39 is 0 Å². The molecule has 0 aromatic carbocycles. The van der Waals surface area contributed by atoms with E-state index in [0.29, 0.717) is 19.7 Å². The van der Waals surface area contributed by atoms with Crippen LogP contribution < -0.4 is 16.0 Å². The lowest BCUT2D eigenvalue weighted by molar-refractivity contribution is -0.0279. The molecule has 3 N–H and O–H groups in total. The molecule has 3 atom stereocenters. The van der Waals surface area contributed by atoms with E-state index in [-0.39, 0.29) is 18.4 Å². The van der Waals surface area contributed by atoms with Crippen LogP contribution in [0.1, 0.15) is 52.2 Å². The number of anilines is 2. The van der Waals surface area contributed by atoms with Crippen molar-refractivity contribution in [3.05, 3.63) is 47.7 Å². The molecule has 1 saturated heterocycles. The van der Waals surface area contributed by atoms with E-state index in [0.717, 1.165) is 47.1 Å². The summed E-state index contributed by atoms with van der Waals surface area (Å²) in [5.41, 5.74) is 3.22. The van der Waals surface area contributed by atoms with Crippen molar-refractivity contribution >= 4 is 24.1 Å². The van der Waals surface area contributed by atoms with Crippen molar-refractivity contribution in [1.82, 2.24) is 15.3 Å². The Kier molecular flexibility index (Phi) is 9.14. The van der Waals surface area contributed by atoms with Crippen LogP contribution in [0.2, 0.25) is 0 Å². The number of ether oxygens (including phenoxy) is 2. The standard InChI is InChI=1S/C24H35N7O2/c1-6-25-16(3)22(26-7-2)17(4)27-12-8-9-13-28-23-21-18(5)32-14-19-10-11-20(33-19)31-24(21)30-15-29-23/h6-9,15,18-20,27H,4,10-14H2,1-3,5H3,(H2,28,29,30,31)/b9-8+,22-16+,25-6?,26-7?. The minimum Gasteiger partial charge on any atom is -0.380 e. The minimum absolute atomic E-state index is 0.0351. The molecule has 0 radical (unpaired) electrons. The molecular weight excluding hydrogens is 418 g/mol. The van der Waals surface area contributed by atoms with Gasteiger partial charge in [-0.2, -0.15) is 0 Å². The van der Waals surface area contributed by atoms with Gasteiger partial charge in [-0.15, -0.1) is 0 Å². The molecule has 2 aliphatic rings. The van der Waals surface area contributed by atoms with E-state index in [4.69, 9.17) is 9.47 Å². The van der Waals surface area contributed by atoms with E-state index in [2.05, 4.69) is 42.5 Å². The number of hydrogen-bond donors (Lipinski definition) is 3. The first-order valence-corrected chi connectivity index (χ1v) is 11.4. The van der Waals surface area contributed by atoms with Crippen molar-refractivity contribution in [1.29, 1.82) is 0 Å². The van der Waals surface area contributed by atoms with Gasteiger partial charge in [0.2, 0.25) is 0 Å². The fourth-order valence-electron chi connectivity index (χ4n) is 3.82. The van der Waals surface area contributed by atoms with Crippen LogP contribution in [-0.4, -0.2) is 54.4 Å². The summed E-state index contributed by atoms with van der Waals surface area (Å²) in [5.74, 6) is 1.52. The smallest absolute Gasteiger partial charge is 0.139 e. The van der Waals surface area contributed by atoms with Crippen molar-refractivity contribution in [3.63, 3.8) is 0 Å². The van der Waals surface area contributed by atoms with E-state index in [1.807, 2.05) is 39.8 Å². The molecule has 0 amide bonds. The van der Waals surface area contributed by atoms with Crippen molar-refractivity contribution < 1.29 is 9.47 Å². The molecule has 2 aliphatic heterocycles. The molecule has 2 bridgehead atoms. The van der Waals surface area contributed by atoms with Crippen molar-refractivity contribution in [2.75, 3.05) is 30.3 Å². The largest absolute Gasteiger partial charge is 0.380 e. The Morgan fingerprint density at radius 1 is 1.21 bits per heavy atom. The van der Waals surface area contributed by atoms with Crippen LogP contribution in [-0.2, 0) is 9.47 Å². The van der Waals surface area contributed by atoms with Gasteiger partial charge in [-0.3, -0.25) is 9.98 Å². The molecule has 33 heavy (non-hydrogen) atoms. The molecule has 1 aromatic heterocycles. The van der Waals surface area contributed by atoms with Gasteiger partial charge in [-0.1, -0.05) is 18.7 Å². The van der Waals surface area contributed by atoms with Gasteiger partial charge in [0, 0.05) is 25.5 Å². The zero-order valence-corrected chi connectivity index (χ0v) is 20.0. The van der Waals surface area contributed by atoms with Gasteiger partial charge < -0.3 is 25.4 Å². The second kappa shape index (κ2) is 12.3. The van der Waals surface area contributed by atoms with Crippen LogP contribution in [0.25, 0.3) is 0 Å². The van der Waals surface area contributed by atoms with Gasteiger partial charge in [0.1, 0.15) is 29.9 Å². The van der Waals surface area contributed by atoms with Crippen LogP contribution in [0.4, 0.5) is 11.6 Å². The zero-order valence-electron chi connectivity index (χ0n) is 20.0. The maximum atomic E-state index is 6.06. The Morgan fingerprint density at radius 3 is 2.79 bits per heavy atom. The van der Waals surface area contributed by atoms with Gasteiger partial charge in [0.25, 0.3) is 0 Å². The first-order valence-electron chi connectivity index (χ1n) is 11.4. The first-order chi connectivity index (χ1) is 16.0. The number of nitrogens with zero attached hydrogens (tertiary/aromatic N) is 4. The Labute approximate surface area is 196 Å². The average molecular weight is 454 g/mol. The summed E-state index contributed by atoms with van der Waals surface area (Å²) in [6.07, 6.45) is 11.0. The Bertz CT molecular complexity index is 939. The number of allylic oxidation sites excluding steroid dienone is 1. The highest BCUT2D eigenvalue weighted by Crippen LogP contribution is 2.34. The van der Waals surface area contributed by atoms with E-state index in [1.165, 1.54) is 0 Å². The predicted molar refractivity (Wildman–Crippen MR) is 134 cm³/mol. The summed E-state index contributed by atoms with van der Waals surface area (Å²) in [6.45, 7) is 13.6. The van der Waals surface area contributed by atoms with Crippen LogP contribution in [0.5, 0.6) is 0 Å². The third kappa shape index (κ3) is 6.72. The molecule has 1 aromatic rings. The normalized spacial score (nSPS) is 23.6. The van der Waals surface area contributed by atoms with Crippen molar-refractivity contribution in [2.45, 2.75) is 59.0 Å². The molecular formula is C24H35N7O2. The Balaban J connectivity index is 1.57. The summed E-state index contributed by atoms with van der Waals surface area (Å²) >= 11 is 0. The quantitative estimate of drug-likeness (QED) is 0.295. The number of rotatable bonds is 9. The van der Waals surface area contributed by atoms with Crippen molar-refractivity contribution in [3.8, 4) is 0 Å². The lowest BCUT2D eigenvalue weighted by Crippen LogP contribution is -2.21. The Hall–Kier alpha value is -3.04. The fourth-order valence-corrected chi connectivity index (χ4v) is 3.82. The van der Waals surface area contributed by atoms with Crippen LogP contribution in [0, 0.1) is 0 Å². The molecule has 9 nitrogen and oxygen atoms in total. The molecule has 0 aliphatic carbocycles. The third-order valence-corrected chi connectivity index (χ3v) is 5.42. The van der Waals surface area contributed by atoms with E-state index in [1.54, 1.807) is 18.8 Å². The molecule has 1 fully saturated rings. The first kappa shape index (κ1) is 24.6. The van der Waals surface area contributed by atoms with Gasteiger partial charge in [-0.05, 0) is 40.5 Å². The Morgan fingerprint density at radius 2 is 2.00 bits per heavy atom. The lowest BCUT2D eigenvalue weighted by Gasteiger charge is -2.20. The predicted octanol–water partition coefficient (Wildman–Crippen LogP) is 3.97. The number of hydrogen-bond acceptors (Lipinski definition) is 9. The summed E-state index contributed by atoms with van der Waals surface area (Å²) in [4.78, 5) is 17.6. The monoisotopic (exact) mass is 453 g/mol. The molecule has 0 spiro atoms. The maximum absolute atomic E-state index is 6.06. The van der Waals surface area contributed by atoms with E-state index >= 15 is 0 Å². The highest BCUT2D eigenvalue weighted by molar-refractivity contribution is 5.60. The summed E-state index contributed by atoms with van der Waals surface area (Å²) in [7, 11) is 0. The number of nitrogens with one attached hydrogen (secondary N) is 3.